The number of amides is 2. The third-order valence-corrected chi connectivity index (χ3v) is 4.39. The van der Waals surface area contributed by atoms with E-state index in [0.29, 0.717) is 12.3 Å². The molecular formula is C18H19F3N4O3. The van der Waals surface area contributed by atoms with Crippen LogP contribution in [0.5, 0.6) is 5.75 Å². The first-order valence-electron chi connectivity index (χ1n) is 8.55. The van der Waals surface area contributed by atoms with Crippen LogP contribution < -0.4 is 15.0 Å². The summed E-state index contributed by atoms with van der Waals surface area (Å²) in [5, 5.41) is 6.41. The van der Waals surface area contributed by atoms with Gasteiger partial charge in [0.25, 0.3) is 0 Å². The van der Waals surface area contributed by atoms with Gasteiger partial charge >= 0.3 is 6.18 Å². The number of aromatic nitrogens is 2. The van der Waals surface area contributed by atoms with Gasteiger partial charge in [-0.1, -0.05) is 12.1 Å². The molecule has 3 rings (SSSR count). The highest BCUT2D eigenvalue weighted by atomic mass is 19.4. The van der Waals surface area contributed by atoms with Crippen LogP contribution in [0.25, 0.3) is 0 Å². The number of ether oxygens (including phenoxy) is 1. The Morgan fingerprint density at radius 2 is 2.04 bits per heavy atom. The number of benzene rings is 1. The van der Waals surface area contributed by atoms with Gasteiger partial charge in [0.1, 0.15) is 12.3 Å². The number of methoxy groups -OCH3 is 1. The Balaban J connectivity index is 1.56. The number of halogens is 3. The second-order valence-electron chi connectivity index (χ2n) is 6.48. The Kier molecular flexibility index (Phi) is 5.57. The quantitative estimate of drug-likeness (QED) is 0.812. The van der Waals surface area contributed by atoms with E-state index in [1.54, 1.807) is 19.2 Å². The molecule has 2 aromatic rings. The molecule has 0 spiro atoms. The van der Waals surface area contributed by atoms with Gasteiger partial charge in [-0.05, 0) is 17.7 Å². The topological polar surface area (TPSA) is 76.5 Å². The van der Waals surface area contributed by atoms with Crippen LogP contribution in [0, 0.1) is 5.92 Å². The van der Waals surface area contributed by atoms with Gasteiger partial charge in [-0.25, -0.2) is 0 Å². The Hall–Kier alpha value is -3.04. The molecule has 1 unspecified atom stereocenters. The zero-order chi connectivity index (χ0) is 20.3. The molecule has 1 atom stereocenters. The normalized spacial score (nSPS) is 17.1. The third kappa shape index (κ3) is 4.81. The predicted octanol–water partition coefficient (Wildman–Crippen LogP) is 2.12. The lowest BCUT2D eigenvalue weighted by Crippen LogP contribution is -2.32. The fourth-order valence-corrected chi connectivity index (χ4v) is 2.97. The molecule has 1 saturated heterocycles. The van der Waals surface area contributed by atoms with Gasteiger partial charge in [0.2, 0.25) is 11.8 Å². The maximum absolute atomic E-state index is 12.4. The number of hydrogen-bond donors (Lipinski definition) is 1. The molecule has 150 valence electrons. The van der Waals surface area contributed by atoms with E-state index in [4.69, 9.17) is 4.74 Å². The molecule has 0 radical (unpaired) electrons. The van der Waals surface area contributed by atoms with Crippen LogP contribution in [-0.4, -0.2) is 41.4 Å². The van der Waals surface area contributed by atoms with Crippen molar-refractivity contribution in [1.82, 2.24) is 15.1 Å². The van der Waals surface area contributed by atoms with E-state index in [0.717, 1.165) is 16.4 Å². The van der Waals surface area contributed by atoms with E-state index in [-0.39, 0.29) is 30.5 Å². The van der Waals surface area contributed by atoms with E-state index in [1.807, 2.05) is 12.1 Å². The first-order chi connectivity index (χ1) is 13.2. The summed E-state index contributed by atoms with van der Waals surface area (Å²) in [6.45, 7) is -0.831. The second-order valence-corrected chi connectivity index (χ2v) is 6.48. The SMILES string of the molecule is COc1ccc(CNC(=O)C2CC(=O)N(c3cnn(CC(F)(F)F)c3)C2)cc1. The van der Waals surface area contributed by atoms with Gasteiger partial charge in [-0.3, -0.25) is 14.3 Å². The lowest BCUT2D eigenvalue weighted by molar-refractivity contribution is -0.142. The molecule has 2 heterocycles. The molecule has 1 aromatic heterocycles. The zero-order valence-corrected chi connectivity index (χ0v) is 15.1. The maximum Gasteiger partial charge on any atom is 0.408 e. The molecule has 1 fully saturated rings. The summed E-state index contributed by atoms with van der Waals surface area (Å²) in [7, 11) is 1.56. The number of carbonyl (C=O) groups excluding carboxylic acids is 2. The van der Waals surface area contributed by atoms with E-state index >= 15 is 0 Å². The van der Waals surface area contributed by atoms with Crippen LogP contribution in [-0.2, 0) is 22.7 Å². The molecule has 7 nitrogen and oxygen atoms in total. The van der Waals surface area contributed by atoms with Gasteiger partial charge in [-0.15, -0.1) is 0 Å². The van der Waals surface area contributed by atoms with E-state index in [1.165, 1.54) is 11.1 Å². The molecule has 0 aliphatic carbocycles. The predicted molar refractivity (Wildman–Crippen MR) is 93.6 cm³/mol. The average Bonchev–Trinajstić information content (AvgIpc) is 3.25. The number of alkyl halides is 3. The largest absolute Gasteiger partial charge is 0.497 e. The van der Waals surface area contributed by atoms with Gasteiger partial charge in [0.15, 0.2) is 0 Å². The van der Waals surface area contributed by atoms with E-state index < -0.39 is 18.6 Å². The minimum absolute atomic E-state index is 0.00109. The van der Waals surface area contributed by atoms with Gasteiger partial charge in [-0.2, -0.15) is 18.3 Å². The lowest BCUT2D eigenvalue weighted by Gasteiger charge is -2.14. The summed E-state index contributed by atoms with van der Waals surface area (Å²) in [4.78, 5) is 25.9. The number of carbonyl (C=O) groups is 2. The van der Waals surface area contributed by atoms with Gasteiger partial charge in [0, 0.05) is 25.7 Å². The molecule has 0 saturated carbocycles. The number of nitrogens with one attached hydrogen (secondary N) is 1. The molecule has 10 heteroatoms. The van der Waals surface area contributed by atoms with Crippen molar-refractivity contribution in [3.8, 4) is 5.75 Å². The summed E-state index contributed by atoms with van der Waals surface area (Å²) in [5.74, 6) is -0.472. The van der Waals surface area contributed by atoms with Crippen molar-refractivity contribution in [1.29, 1.82) is 0 Å². The van der Waals surface area contributed by atoms with Crippen LogP contribution in [0.4, 0.5) is 18.9 Å². The standard InChI is InChI=1S/C18H19F3N4O3/c1-28-15-4-2-12(3-5-15)7-22-17(27)13-6-16(26)25(9-13)14-8-23-24(10-14)11-18(19,20)21/h2-5,8,10,13H,6-7,9,11H2,1H3,(H,22,27). The Bertz CT molecular complexity index is 849. The van der Waals surface area contributed by atoms with Crippen LogP contribution in [0.3, 0.4) is 0 Å². The monoisotopic (exact) mass is 396 g/mol. The summed E-state index contributed by atoms with van der Waals surface area (Å²) < 4.78 is 43.1. The molecule has 1 N–H and O–H groups in total. The van der Waals surface area contributed by atoms with Crippen molar-refractivity contribution in [3.63, 3.8) is 0 Å². The van der Waals surface area contributed by atoms with Crippen molar-refractivity contribution in [2.45, 2.75) is 25.7 Å². The minimum Gasteiger partial charge on any atom is -0.497 e. The van der Waals surface area contributed by atoms with E-state index in [2.05, 4.69) is 10.4 Å². The zero-order valence-electron chi connectivity index (χ0n) is 15.1. The van der Waals surface area contributed by atoms with E-state index in [9.17, 15) is 22.8 Å². The van der Waals surface area contributed by atoms with Crippen LogP contribution in [0.2, 0.25) is 0 Å². The average molecular weight is 396 g/mol. The van der Waals surface area contributed by atoms with Gasteiger partial charge < -0.3 is 15.0 Å². The minimum atomic E-state index is -4.40. The van der Waals surface area contributed by atoms with Crippen molar-refractivity contribution in [2.75, 3.05) is 18.6 Å². The van der Waals surface area contributed by atoms with Crippen molar-refractivity contribution < 1.29 is 27.5 Å². The molecule has 0 bridgehead atoms. The fraction of sp³-hybridized carbons (Fsp3) is 0.389. The number of rotatable bonds is 6. The van der Waals surface area contributed by atoms with Crippen molar-refractivity contribution in [2.24, 2.45) is 5.92 Å². The summed E-state index contributed by atoms with van der Waals surface area (Å²) >= 11 is 0. The van der Waals surface area contributed by atoms with Crippen molar-refractivity contribution >= 4 is 17.5 Å². The Labute approximate surface area is 159 Å². The highest BCUT2D eigenvalue weighted by Crippen LogP contribution is 2.26. The Morgan fingerprint density at radius 1 is 1.32 bits per heavy atom. The maximum atomic E-state index is 12.4. The number of anilines is 1. The second kappa shape index (κ2) is 7.91. The summed E-state index contributed by atoms with van der Waals surface area (Å²) in [6, 6.07) is 7.20. The number of hydrogen-bond acceptors (Lipinski definition) is 4. The van der Waals surface area contributed by atoms with Crippen LogP contribution in [0.15, 0.2) is 36.7 Å². The molecule has 28 heavy (non-hydrogen) atoms. The smallest absolute Gasteiger partial charge is 0.408 e. The highest BCUT2D eigenvalue weighted by molar-refractivity contribution is 6.00. The highest BCUT2D eigenvalue weighted by Gasteiger charge is 2.36. The fourth-order valence-electron chi connectivity index (χ4n) is 2.97. The molecule has 1 aliphatic rings. The Morgan fingerprint density at radius 3 is 2.68 bits per heavy atom. The summed E-state index contributed by atoms with van der Waals surface area (Å²) in [5.41, 5.74) is 1.13. The van der Waals surface area contributed by atoms with Crippen LogP contribution in [0.1, 0.15) is 12.0 Å². The van der Waals surface area contributed by atoms with Crippen LogP contribution >= 0.6 is 0 Å². The molecule has 1 aromatic carbocycles. The third-order valence-electron chi connectivity index (χ3n) is 4.39. The first-order valence-corrected chi connectivity index (χ1v) is 8.55. The number of nitrogens with zero attached hydrogens (tertiary/aromatic N) is 3. The molecule has 2 amide bonds. The lowest BCUT2D eigenvalue weighted by atomic mass is 10.1. The van der Waals surface area contributed by atoms with Crippen molar-refractivity contribution in [3.05, 3.63) is 42.2 Å². The molecule has 1 aliphatic heterocycles. The summed E-state index contributed by atoms with van der Waals surface area (Å²) in [6.07, 6.45) is -2.05. The first kappa shape index (κ1) is 19.7. The molecular weight excluding hydrogens is 377 g/mol. The van der Waals surface area contributed by atoms with Gasteiger partial charge in [0.05, 0.1) is 24.9 Å².